The van der Waals surface area contributed by atoms with Gasteiger partial charge in [-0.05, 0) is 49.7 Å². The van der Waals surface area contributed by atoms with E-state index in [1.165, 1.54) is 10.4 Å². The summed E-state index contributed by atoms with van der Waals surface area (Å²) in [4.78, 5) is 17.4. The van der Waals surface area contributed by atoms with E-state index in [9.17, 15) is 13.2 Å². The van der Waals surface area contributed by atoms with Crippen LogP contribution in [0.15, 0.2) is 47.4 Å². The lowest BCUT2D eigenvalue weighted by molar-refractivity contribution is 0.0984. The highest BCUT2D eigenvalue weighted by molar-refractivity contribution is 7.89. The predicted octanol–water partition coefficient (Wildman–Crippen LogP) is 2.22. The molecule has 0 bridgehead atoms. The number of nitrogens with zero attached hydrogens (tertiary/aromatic N) is 3. The summed E-state index contributed by atoms with van der Waals surface area (Å²) >= 11 is 0. The number of piperazine rings is 1. The number of amides is 1. The fourth-order valence-electron chi connectivity index (χ4n) is 4.11. The van der Waals surface area contributed by atoms with Gasteiger partial charge in [0, 0.05) is 38.3 Å². The number of hydrogen-bond donors (Lipinski definition) is 0. The van der Waals surface area contributed by atoms with Crippen molar-refractivity contribution in [3.63, 3.8) is 0 Å². The molecule has 2 aromatic carbocycles. The van der Waals surface area contributed by atoms with Crippen LogP contribution in [0.2, 0.25) is 0 Å². The highest BCUT2D eigenvalue weighted by Gasteiger charge is 2.30. The Bertz CT molecular complexity index is 1030. The summed E-state index contributed by atoms with van der Waals surface area (Å²) in [5, 5.41) is 0. The molecule has 0 atom stereocenters. The number of sulfonamides is 1. The maximum Gasteiger partial charge on any atom is 0.258 e. The topological polar surface area (TPSA) is 70.2 Å². The van der Waals surface area contributed by atoms with Crippen LogP contribution in [0, 0.1) is 0 Å². The monoisotopic (exact) mass is 429 g/mol. The number of likely N-dealkylation sites (N-methyl/N-ethyl adjacent to an activating group) is 1. The Morgan fingerprint density at radius 3 is 2.47 bits per heavy atom. The van der Waals surface area contributed by atoms with Crippen LogP contribution in [0.25, 0.3) is 0 Å². The number of hydrogen-bond acceptors (Lipinski definition) is 5. The molecule has 8 heteroatoms. The van der Waals surface area contributed by atoms with Gasteiger partial charge in [0.1, 0.15) is 5.75 Å². The highest BCUT2D eigenvalue weighted by atomic mass is 32.2. The van der Waals surface area contributed by atoms with Gasteiger partial charge in [-0.2, -0.15) is 4.31 Å². The average molecular weight is 430 g/mol. The molecule has 0 saturated carbocycles. The molecule has 2 aliphatic heterocycles. The second-order valence-electron chi connectivity index (χ2n) is 7.76. The van der Waals surface area contributed by atoms with E-state index in [2.05, 4.69) is 4.90 Å². The summed E-state index contributed by atoms with van der Waals surface area (Å²) in [5.41, 5.74) is 2.21. The van der Waals surface area contributed by atoms with Crippen molar-refractivity contribution in [2.24, 2.45) is 0 Å². The Hall–Kier alpha value is -2.42. The second kappa shape index (κ2) is 8.37. The molecule has 2 aromatic rings. The van der Waals surface area contributed by atoms with Crippen LogP contribution in [0.3, 0.4) is 0 Å². The fourth-order valence-corrected chi connectivity index (χ4v) is 5.57. The Kier molecular flexibility index (Phi) is 5.81. The molecule has 1 amide bonds. The van der Waals surface area contributed by atoms with Gasteiger partial charge in [-0.15, -0.1) is 0 Å². The van der Waals surface area contributed by atoms with Crippen molar-refractivity contribution < 1.29 is 17.9 Å². The largest absolute Gasteiger partial charge is 0.495 e. The Morgan fingerprint density at radius 2 is 1.73 bits per heavy atom. The molecule has 0 aliphatic carbocycles. The van der Waals surface area contributed by atoms with E-state index in [4.69, 9.17) is 4.74 Å². The first-order chi connectivity index (χ1) is 14.4. The molecule has 1 saturated heterocycles. The zero-order valence-electron chi connectivity index (χ0n) is 17.4. The molecule has 0 unspecified atom stereocenters. The van der Waals surface area contributed by atoms with Crippen molar-refractivity contribution in [3.05, 3.63) is 53.6 Å². The molecule has 0 aromatic heterocycles. The zero-order valence-corrected chi connectivity index (χ0v) is 18.2. The van der Waals surface area contributed by atoms with E-state index in [0.29, 0.717) is 44.0 Å². The summed E-state index contributed by atoms with van der Waals surface area (Å²) in [7, 11) is -0.0608. The summed E-state index contributed by atoms with van der Waals surface area (Å²) in [5.74, 6) is 0.442. The molecule has 30 heavy (non-hydrogen) atoms. The van der Waals surface area contributed by atoms with Crippen molar-refractivity contribution in [1.29, 1.82) is 0 Å². The van der Waals surface area contributed by atoms with Gasteiger partial charge in [-0.1, -0.05) is 18.2 Å². The molecule has 7 nitrogen and oxygen atoms in total. The van der Waals surface area contributed by atoms with Gasteiger partial charge in [-0.25, -0.2) is 8.42 Å². The Morgan fingerprint density at radius 1 is 1.00 bits per heavy atom. The lowest BCUT2D eigenvalue weighted by Gasteiger charge is -2.32. The third-order valence-electron chi connectivity index (χ3n) is 5.83. The SMILES string of the molecule is COc1cccc2c1N(C(=O)c1cccc(S(=O)(=O)N3CCN(C)CC3)c1)CCC2. The minimum Gasteiger partial charge on any atom is -0.495 e. The second-order valence-corrected chi connectivity index (χ2v) is 9.70. The first kappa shape index (κ1) is 20.8. The zero-order chi connectivity index (χ0) is 21.3. The van der Waals surface area contributed by atoms with Crippen molar-refractivity contribution in [3.8, 4) is 5.75 Å². The Balaban J connectivity index is 1.65. The number of rotatable bonds is 4. The van der Waals surface area contributed by atoms with Crippen LogP contribution < -0.4 is 9.64 Å². The lowest BCUT2D eigenvalue weighted by atomic mass is 10.00. The number of aryl methyl sites for hydroxylation is 1. The molecule has 160 valence electrons. The molecular formula is C22H27N3O4S. The molecular weight excluding hydrogens is 402 g/mol. The molecule has 1 fully saturated rings. The van der Waals surface area contributed by atoms with E-state index in [1.54, 1.807) is 30.2 Å². The van der Waals surface area contributed by atoms with Gasteiger partial charge in [0.15, 0.2) is 0 Å². The third kappa shape index (κ3) is 3.82. The van der Waals surface area contributed by atoms with Crippen LogP contribution >= 0.6 is 0 Å². The van der Waals surface area contributed by atoms with Crippen LogP contribution in [-0.2, 0) is 16.4 Å². The maximum atomic E-state index is 13.4. The molecule has 0 radical (unpaired) electrons. The minimum atomic E-state index is -3.63. The fraction of sp³-hybridized carbons (Fsp3) is 0.409. The number of carbonyl (C=O) groups excluding carboxylic acids is 1. The summed E-state index contributed by atoms with van der Waals surface area (Å²) in [6, 6.07) is 12.2. The van der Waals surface area contributed by atoms with Gasteiger partial charge < -0.3 is 14.5 Å². The van der Waals surface area contributed by atoms with Crippen LogP contribution in [-0.4, -0.2) is 70.4 Å². The van der Waals surface area contributed by atoms with Gasteiger partial charge in [-0.3, -0.25) is 4.79 Å². The number of methoxy groups -OCH3 is 1. The van der Waals surface area contributed by atoms with E-state index < -0.39 is 10.0 Å². The normalized spacial score (nSPS) is 18.1. The van der Waals surface area contributed by atoms with Crippen LogP contribution in [0.1, 0.15) is 22.3 Å². The van der Waals surface area contributed by atoms with Crippen molar-refractivity contribution in [1.82, 2.24) is 9.21 Å². The van der Waals surface area contributed by atoms with Crippen molar-refractivity contribution in [2.75, 3.05) is 51.8 Å². The standard InChI is InChI=1S/C22H27N3O4S/c1-23-12-14-24(15-13-23)30(27,28)19-9-3-7-18(16-19)22(26)25-11-5-8-17-6-4-10-20(29-2)21(17)25/h3-4,6-7,9-10,16H,5,8,11-15H2,1-2H3. The minimum absolute atomic E-state index is 0.162. The Labute approximate surface area is 177 Å². The first-order valence-corrected chi connectivity index (χ1v) is 11.6. The number of carbonyl (C=O) groups is 1. The number of anilines is 1. The highest BCUT2D eigenvalue weighted by Crippen LogP contribution is 2.37. The molecule has 2 aliphatic rings. The van der Waals surface area contributed by atoms with E-state index >= 15 is 0 Å². The smallest absolute Gasteiger partial charge is 0.258 e. The van der Waals surface area contributed by atoms with E-state index in [-0.39, 0.29) is 10.8 Å². The summed E-state index contributed by atoms with van der Waals surface area (Å²) in [6.45, 7) is 2.87. The number of ether oxygens (including phenoxy) is 1. The quantitative estimate of drug-likeness (QED) is 0.746. The van der Waals surface area contributed by atoms with Crippen LogP contribution in [0.4, 0.5) is 5.69 Å². The summed E-state index contributed by atoms with van der Waals surface area (Å²) < 4.78 is 33.2. The number of para-hydroxylation sites is 1. The molecule has 4 rings (SSSR count). The van der Waals surface area contributed by atoms with E-state index in [0.717, 1.165) is 24.1 Å². The molecule has 0 spiro atoms. The van der Waals surface area contributed by atoms with Crippen molar-refractivity contribution >= 4 is 21.6 Å². The number of fused-ring (bicyclic) bond motifs is 1. The van der Waals surface area contributed by atoms with Gasteiger partial charge in [0.05, 0.1) is 17.7 Å². The predicted molar refractivity (Wildman–Crippen MR) is 116 cm³/mol. The molecule has 0 N–H and O–H groups in total. The van der Waals surface area contributed by atoms with Gasteiger partial charge in [0.2, 0.25) is 10.0 Å². The van der Waals surface area contributed by atoms with Crippen LogP contribution in [0.5, 0.6) is 5.75 Å². The number of benzene rings is 2. The maximum absolute atomic E-state index is 13.4. The van der Waals surface area contributed by atoms with Gasteiger partial charge >= 0.3 is 0 Å². The summed E-state index contributed by atoms with van der Waals surface area (Å²) in [6.07, 6.45) is 1.74. The van der Waals surface area contributed by atoms with Crippen molar-refractivity contribution in [2.45, 2.75) is 17.7 Å². The van der Waals surface area contributed by atoms with Gasteiger partial charge in [0.25, 0.3) is 5.91 Å². The first-order valence-electron chi connectivity index (χ1n) is 10.2. The third-order valence-corrected chi connectivity index (χ3v) is 7.72. The average Bonchev–Trinajstić information content (AvgIpc) is 2.78. The molecule has 2 heterocycles. The van der Waals surface area contributed by atoms with E-state index in [1.807, 2.05) is 25.2 Å². The lowest BCUT2D eigenvalue weighted by Crippen LogP contribution is -2.47.